The lowest BCUT2D eigenvalue weighted by Gasteiger charge is -2.27. The normalized spacial score (nSPS) is 11.4. The molecule has 0 atom stereocenters. The van der Waals surface area contributed by atoms with Gasteiger partial charge in [-0.05, 0) is 65.6 Å². The summed E-state index contributed by atoms with van der Waals surface area (Å²) in [5, 5.41) is 0. The summed E-state index contributed by atoms with van der Waals surface area (Å²) in [5.74, 6) is 0.820. The molecule has 0 radical (unpaired) electrons. The second-order valence-electron chi connectivity index (χ2n) is 9.56. The predicted octanol–water partition coefficient (Wildman–Crippen LogP) is 10.4. The van der Waals surface area contributed by atoms with Gasteiger partial charge in [0.25, 0.3) is 0 Å². The Balaban J connectivity index is 1.39. The second-order valence-corrected chi connectivity index (χ2v) is 9.56. The van der Waals surface area contributed by atoms with Gasteiger partial charge in [0.05, 0.1) is 12.8 Å². The van der Waals surface area contributed by atoms with E-state index in [1.54, 1.807) is 7.11 Å². The van der Waals surface area contributed by atoms with Crippen LogP contribution in [0.4, 0.5) is 17.1 Å². The number of para-hydroxylation sites is 2. The van der Waals surface area contributed by atoms with E-state index in [2.05, 4.69) is 139 Å². The standard InChI is InChI=1S/C38H33NO/c1-30-16-18-33(19-17-30)20-21-34-24-28-36(29-25-34)39(37-14-8-9-15-38(37)40-2)35-26-22-32(23-27-35)13-7-6-12-31-10-4-3-5-11-31/h3-29H,1-2H3/b12-6+,13-7+,21-20+. The molecular weight excluding hydrogens is 486 g/mol. The van der Waals surface area contributed by atoms with E-state index in [1.165, 1.54) is 16.7 Å². The lowest BCUT2D eigenvalue weighted by molar-refractivity contribution is 0.416. The van der Waals surface area contributed by atoms with Crippen LogP contribution in [0.5, 0.6) is 5.75 Å². The summed E-state index contributed by atoms with van der Waals surface area (Å²) in [5.41, 5.74) is 9.03. The van der Waals surface area contributed by atoms with E-state index in [9.17, 15) is 0 Å². The van der Waals surface area contributed by atoms with E-state index in [0.717, 1.165) is 33.9 Å². The van der Waals surface area contributed by atoms with Crippen molar-refractivity contribution in [3.8, 4) is 5.75 Å². The average molecular weight is 520 g/mol. The molecule has 0 unspecified atom stereocenters. The third kappa shape index (κ3) is 6.86. The zero-order valence-corrected chi connectivity index (χ0v) is 22.9. The summed E-state index contributed by atoms with van der Waals surface area (Å²) in [4.78, 5) is 2.23. The third-order valence-electron chi connectivity index (χ3n) is 6.66. The number of benzene rings is 5. The van der Waals surface area contributed by atoms with Crippen molar-refractivity contribution in [3.63, 3.8) is 0 Å². The lowest BCUT2D eigenvalue weighted by atomic mass is 10.1. The third-order valence-corrected chi connectivity index (χ3v) is 6.66. The second kappa shape index (κ2) is 13.1. The van der Waals surface area contributed by atoms with E-state index in [0.29, 0.717) is 0 Å². The van der Waals surface area contributed by atoms with Crippen LogP contribution in [0.2, 0.25) is 0 Å². The van der Waals surface area contributed by atoms with Crippen LogP contribution < -0.4 is 9.64 Å². The molecule has 5 aromatic carbocycles. The molecule has 0 N–H and O–H groups in total. The molecule has 2 heteroatoms. The molecule has 0 amide bonds. The fraction of sp³-hybridized carbons (Fsp3) is 0.0526. The largest absolute Gasteiger partial charge is 0.495 e. The van der Waals surface area contributed by atoms with Gasteiger partial charge >= 0.3 is 0 Å². The number of ether oxygens (including phenoxy) is 1. The number of allylic oxidation sites excluding steroid dienone is 2. The van der Waals surface area contributed by atoms with E-state index >= 15 is 0 Å². The molecule has 5 rings (SSSR count). The van der Waals surface area contributed by atoms with E-state index in [4.69, 9.17) is 4.74 Å². The molecule has 2 nitrogen and oxygen atoms in total. The van der Waals surface area contributed by atoms with Crippen molar-refractivity contribution >= 4 is 41.4 Å². The number of anilines is 3. The zero-order valence-electron chi connectivity index (χ0n) is 22.9. The zero-order chi connectivity index (χ0) is 27.6. The fourth-order valence-corrected chi connectivity index (χ4v) is 4.48. The van der Waals surface area contributed by atoms with Crippen molar-refractivity contribution in [2.24, 2.45) is 0 Å². The Morgan fingerprint density at radius 3 is 1.48 bits per heavy atom. The van der Waals surface area contributed by atoms with Crippen LogP contribution in [0.3, 0.4) is 0 Å². The number of nitrogens with zero attached hydrogens (tertiary/aromatic N) is 1. The molecule has 0 saturated carbocycles. The summed E-state index contributed by atoms with van der Waals surface area (Å²) in [6, 6.07) is 44.2. The van der Waals surface area contributed by atoms with E-state index in [-0.39, 0.29) is 0 Å². The van der Waals surface area contributed by atoms with Crippen molar-refractivity contribution < 1.29 is 4.74 Å². The van der Waals surface area contributed by atoms with Crippen molar-refractivity contribution in [1.29, 1.82) is 0 Å². The Kier molecular flexibility index (Phi) is 8.70. The van der Waals surface area contributed by atoms with E-state index in [1.807, 2.05) is 36.4 Å². The van der Waals surface area contributed by atoms with Gasteiger partial charge in [0.1, 0.15) is 5.75 Å². The van der Waals surface area contributed by atoms with Crippen LogP contribution in [-0.2, 0) is 0 Å². The maximum absolute atomic E-state index is 5.74. The molecule has 0 heterocycles. The topological polar surface area (TPSA) is 12.5 Å². The molecule has 0 fully saturated rings. The monoisotopic (exact) mass is 519 g/mol. The number of hydrogen-bond donors (Lipinski definition) is 0. The van der Waals surface area contributed by atoms with Crippen molar-refractivity contribution in [3.05, 3.63) is 167 Å². The van der Waals surface area contributed by atoms with Gasteiger partial charge in [0, 0.05) is 11.4 Å². The lowest BCUT2D eigenvalue weighted by Crippen LogP contribution is -2.11. The van der Waals surface area contributed by atoms with E-state index < -0.39 is 0 Å². The van der Waals surface area contributed by atoms with Gasteiger partial charge in [-0.3, -0.25) is 0 Å². The summed E-state index contributed by atoms with van der Waals surface area (Å²) in [7, 11) is 1.72. The van der Waals surface area contributed by atoms with Crippen molar-refractivity contribution in [2.75, 3.05) is 12.0 Å². The molecule has 0 aliphatic heterocycles. The summed E-state index contributed by atoms with van der Waals surface area (Å²) in [6.45, 7) is 2.11. The first-order valence-electron chi connectivity index (χ1n) is 13.5. The molecule has 0 aliphatic carbocycles. The van der Waals surface area contributed by atoms with Crippen LogP contribution in [0.15, 0.2) is 140 Å². The molecule has 196 valence electrons. The molecule has 5 aromatic rings. The highest BCUT2D eigenvalue weighted by Crippen LogP contribution is 2.40. The minimum atomic E-state index is 0.820. The number of methoxy groups -OCH3 is 1. The van der Waals surface area contributed by atoms with Crippen LogP contribution in [-0.4, -0.2) is 7.11 Å². The van der Waals surface area contributed by atoms with Gasteiger partial charge in [-0.15, -0.1) is 0 Å². The predicted molar refractivity (Wildman–Crippen MR) is 172 cm³/mol. The SMILES string of the molecule is COc1ccccc1N(c1ccc(/C=C/C=C/c2ccccc2)cc1)c1ccc(/C=C/c2ccc(C)cc2)cc1. The molecule has 40 heavy (non-hydrogen) atoms. The average Bonchev–Trinajstić information content (AvgIpc) is 3.01. The molecule has 0 spiro atoms. The van der Waals surface area contributed by atoms with Crippen LogP contribution in [0.25, 0.3) is 24.3 Å². The smallest absolute Gasteiger partial charge is 0.142 e. The first-order chi connectivity index (χ1) is 19.7. The molecule has 0 saturated heterocycles. The van der Waals surface area contributed by atoms with Gasteiger partial charge in [0.2, 0.25) is 0 Å². The highest BCUT2D eigenvalue weighted by atomic mass is 16.5. The number of hydrogen-bond acceptors (Lipinski definition) is 2. The first kappa shape index (κ1) is 26.5. The van der Waals surface area contributed by atoms with Gasteiger partial charge in [0.15, 0.2) is 0 Å². The van der Waals surface area contributed by atoms with Crippen LogP contribution in [0, 0.1) is 6.92 Å². The maximum Gasteiger partial charge on any atom is 0.142 e. The summed E-state index contributed by atoms with van der Waals surface area (Å²) >= 11 is 0. The van der Waals surface area contributed by atoms with Crippen LogP contribution in [0.1, 0.15) is 27.8 Å². The van der Waals surface area contributed by atoms with Crippen LogP contribution >= 0.6 is 0 Å². The molecular formula is C38H33NO. The highest BCUT2D eigenvalue weighted by molar-refractivity contribution is 5.81. The quantitative estimate of drug-likeness (QED) is 0.142. The molecule has 0 aliphatic rings. The Hall–Kier alpha value is -5.08. The molecule has 0 bridgehead atoms. The minimum absolute atomic E-state index is 0.820. The molecule has 0 aromatic heterocycles. The Morgan fingerprint density at radius 1 is 0.475 bits per heavy atom. The summed E-state index contributed by atoms with van der Waals surface area (Å²) < 4.78 is 5.74. The Morgan fingerprint density at radius 2 is 0.925 bits per heavy atom. The first-order valence-corrected chi connectivity index (χ1v) is 13.5. The Labute approximate surface area is 237 Å². The van der Waals surface area contributed by atoms with Gasteiger partial charge in [-0.25, -0.2) is 0 Å². The summed E-state index contributed by atoms with van der Waals surface area (Å²) in [6.07, 6.45) is 12.7. The van der Waals surface area contributed by atoms with Gasteiger partial charge < -0.3 is 9.64 Å². The Bertz CT molecular complexity index is 1590. The number of aryl methyl sites for hydroxylation is 1. The fourth-order valence-electron chi connectivity index (χ4n) is 4.48. The highest BCUT2D eigenvalue weighted by Gasteiger charge is 2.16. The number of rotatable bonds is 9. The minimum Gasteiger partial charge on any atom is -0.495 e. The van der Waals surface area contributed by atoms with Gasteiger partial charge in [-0.2, -0.15) is 0 Å². The van der Waals surface area contributed by atoms with Crippen molar-refractivity contribution in [1.82, 2.24) is 0 Å². The van der Waals surface area contributed by atoms with Gasteiger partial charge in [-0.1, -0.05) is 133 Å². The van der Waals surface area contributed by atoms with Crippen molar-refractivity contribution in [2.45, 2.75) is 6.92 Å². The maximum atomic E-state index is 5.74.